The first-order valence-corrected chi connectivity index (χ1v) is 7.10. The van der Waals surface area contributed by atoms with Crippen LogP contribution in [0.4, 0.5) is 5.69 Å². The standard InChI is InChI=1S/C17H18N2O2/c18-12-13-9-10-16(15-7-4-3-6-14(13)15)19-11-5-1-2-8-17(20)21/h3-4,6-7,9-10,19H,1-2,5,8,11H2,(H,20,21). The lowest BCUT2D eigenvalue weighted by atomic mass is 10.0. The highest BCUT2D eigenvalue weighted by Crippen LogP contribution is 2.26. The molecular weight excluding hydrogens is 264 g/mol. The number of nitriles is 1. The average Bonchev–Trinajstić information content (AvgIpc) is 2.50. The molecule has 0 saturated heterocycles. The van der Waals surface area contributed by atoms with Crippen molar-refractivity contribution in [3.8, 4) is 6.07 Å². The first kappa shape index (κ1) is 14.9. The quantitative estimate of drug-likeness (QED) is 0.758. The minimum Gasteiger partial charge on any atom is -0.481 e. The molecule has 2 aromatic carbocycles. The van der Waals surface area contributed by atoms with Gasteiger partial charge in [0.15, 0.2) is 0 Å². The Balaban J connectivity index is 1.97. The Hall–Kier alpha value is -2.54. The number of rotatable bonds is 7. The molecule has 4 nitrogen and oxygen atoms in total. The topological polar surface area (TPSA) is 73.1 Å². The van der Waals surface area contributed by atoms with Crippen molar-refractivity contribution in [3.63, 3.8) is 0 Å². The second kappa shape index (κ2) is 7.30. The first-order valence-electron chi connectivity index (χ1n) is 7.10. The van der Waals surface area contributed by atoms with Gasteiger partial charge in [0.05, 0.1) is 11.6 Å². The fourth-order valence-electron chi connectivity index (χ4n) is 2.35. The summed E-state index contributed by atoms with van der Waals surface area (Å²) in [4.78, 5) is 10.4. The van der Waals surface area contributed by atoms with E-state index in [1.807, 2.05) is 36.4 Å². The first-order chi connectivity index (χ1) is 10.2. The van der Waals surface area contributed by atoms with Gasteiger partial charge < -0.3 is 10.4 Å². The van der Waals surface area contributed by atoms with Crippen molar-refractivity contribution in [1.29, 1.82) is 5.26 Å². The number of nitrogens with zero attached hydrogens (tertiary/aromatic N) is 1. The van der Waals surface area contributed by atoms with Gasteiger partial charge in [-0.25, -0.2) is 0 Å². The number of carboxylic acid groups (broad SMARTS) is 1. The van der Waals surface area contributed by atoms with Gasteiger partial charge in [-0.15, -0.1) is 0 Å². The van der Waals surface area contributed by atoms with Crippen LogP contribution >= 0.6 is 0 Å². The van der Waals surface area contributed by atoms with Crippen molar-refractivity contribution in [1.82, 2.24) is 0 Å². The summed E-state index contributed by atoms with van der Waals surface area (Å²) in [7, 11) is 0. The molecule has 0 saturated carbocycles. The molecule has 2 rings (SSSR count). The van der Waals surface area contributed by atoms with E-state index in [0.717, 1.165) is 35.8 Å². The molecule has 4 heteroatoms. The molecule has 0 unspecified atom stereocenters. The van der Waals surface area contributed by atoms with Crippen molar-refractivity contribution in [2.45, 2.75) is 25.7 Å². The molecule has 0 amide bonds. The van der Waals surface area contributed by atoms with E-state index in [2.05, 4.69) is 11.4 Å². The third kappa shape index (κ3) is 3.96. The molecule has 0 bridgehead atoms. The highest BCUT2D eigenvalue weighted by Gasteiger charge is 2.04. The summed E-state index contributed by atoms with van der Waals surface area (Å²) < 4.78 is 0. The molecule has 108 valence electrons. The predicted molar refractivity (Wildman–Crippen MR) is 83.3 cm³/mol. The van der Waals surface area contributed by atoms with E-state index in [1.165, 1.54) is 0 Å². The van der Waals surface area contributed by atoms with E-state index in [9.17, 15) is 4.79 Å². The van der Waals surface area contributed by atoms with Crippen molar-refractivity contribution in [2.75, 3.05) is 11.9 Å². The maximum absolute atomic E-state index is 10.4. The number of aliphatic carboxylic acids is 1. The third-order valence-electron chi connectivity index (χ3n) is 3.43. The zero-order valence-electron chi connectivity index (χ0n) is 11.8. The van der Waals surface area contributed by atoms with Crippen LogP contribution < -0.4 is 5.32 Å². The van der Waals surface area contributed by atoms with Crippen LogP contribution in [0.1, 0.15) is 31.2 Å². The largest absolute Gasteiger partial charge is 0.481 e. The van der Waals surface area contributed by atoms with Crippen LogP contribution in [-0.4, -0.2) is 17.6 Å². The number of carboxylic acids is 1. The monoisotopic (exact) mass is 282 g/mol. The second-order valence-electron chi connectivity index (χ2n) is 4.95. The smallest absolute Gasteiger partial charge is 0.303 e. The number of benzene rings is 2. The summed E-state index contributed by atoms with van der Waals surface area (Å²) >= 11 is 0. The Morgan fingerprint density at radius 2 is 1.86 bits per heavy atom. The highest BCUT2D eigenvalue weighted by molar-refractivity contribution is 5.97. The van der Waals surface area contributed by atoms with Crippen LogP contribution in [0.15, 0.2) is 36.4 Å². The highest BCUT2D eigenvalue weighted by atomic mass is 16.4. The maximum Gasteiger partial charge on any atom is 0.303 e. The summed E-state index contributed by atoms with van der Waals surface area (Å²) in [6.45, 7) is 0.801. The van der Waals surface area contributed by atoms with Crippen LogP contribution in [0.25, 0.3) is 10.8 Å². The summed E-state index contributed by atoms with van der Waals surface area (Å²) in [5, 5.41) is 23.1. The molecule has 0 spiro atoms. The van der Waals surface area contributed by atoms with Gasteiger partial charge in [-0.3, -0.25) is 4.79 Å². The fraction of sp³-hybridized carbons (Fsp3) is 0.294. The van der Waals surface area contributed by atoms with E-state index in [4.69, 9.17) is 10.4 Å². The zero-order chi connectivity index (χ0) is 15.1. The molecule has 0 aliphatic heterocycles. The summed E-state index contributed by atoms with van der Waals surface area (Å²) in [6, 6.07) is 13.8. The van der Waals surface area contributed by atoms with Crippen LogP contribution in [0, 0.1) is 11.3 Å². The van der Waals surface area contributed by atoms with E-state index >= 15 is 0 Å². The van der Waals surface area contributed by atoms with Gasteiger partial charge in [-0.1, -0.05) is 30.7 Å². The van der Waals surface area contributed by atoms with Crippen LogP contribution in [-0.2, 0) is 4.79 Å². The molecule has 0 aliphatic rings. The number of carbonyl (C=O) groups is 1. The third-order valence-corrected chi connectivity index (χ3v) is 3.43. The van der Waals surface area contributed by atoms with E-state index < -0.39 is 5.97 Å². The van der Waals surface area contributed by atoms with Crippen molar-refractivity contribution in [2.24, 2.45) is 0 Å². The number of nitrogens with one attached hydrogen (secondary N) is 1. The fourth-order valence-corrected chi connectivity index (χ4v) is 2.35. The lowest BCUT2D eigenvalue weighted by molar-refractivity contribution is -0.137. The molecule has 0 heterocycles. The molecule has 2 N–H and O–H groups in total. The Morgan fingerprint density at radius 1 is 1.10 bits per heavy atom. The van der Waals surface area contributed by atoms with Gasteiger partial charge in [-0.2, -0.15) is 5.26 Å². The van der Waals surface area contributed by atoms with Crippen LogP contribution in [0.2, 0.25) is 0 Å². The zero-order valence-corrected chi connectivity index (χ0v) is 11.8. The van der Waals surface area contributed by atoms with Gasteiger partial charge in [0.25, 0.3) is 0 Å². The van der Waals surface area contributed by atoms with E-state index in [-0.39, 0.29) is 6.42 Å². The number of unbranched alkanes of at least 4 members (excludes halogenated alkanes) is 2. The van der Waals surface area contributed by atoms with Gasteiger partial charge in [-0.05, 0) is 25.0 Å². The van der Waals surface area contributed by atoms with Crippen molar-refractivity contribution < 1.29 is 9.90 Å². The number of fused-ring (bicyclic) bond motifs is 1. The van der Waals surface area contributed by atoms with Crippen molar-refractivity contribution in [3.05, 3.63) is 42.0 Å². The normalized spacial score (nSPS) is 10.2. The summed E-state index contributed by atoms with van der Waals surface area (Å²) in [5.74, 6) is -0.735. The van der Waals surface area contributed by atoms with E-state index in [0.29, 0.717) is 12.0 Å². The lowest BCUT2D eigenvalue weighted by Crippen LogP contribution is -2.03. The Labute approximate surface area is 124 Å². The number of anilines is 1. The Bertz CT molecular complexity index is 674. The Kier molecular flexibility index (Phi) is 5.16. The predicted octanol–water partition coefficient (Wildman–Crippen LogP) is 3.77. The van der Waals surface area contributed by atoms with Crippen LogP contribution in [0.3, 0.4) is 0 Å². The molecule has 2 aromatic rings. The summed E-state index contributed by atoms with van der Waals surface area (Å²) in [6.07, 6.45) is 2.78. The molecule has 0 aliphatic carbocycles. The van der Waals surface area contributed by atoms with Gasteiger partial charge in [0.2, 0.25) is 0 Å². The molecule has 21 heavy (non-hydrogen) atoms. The second-order valence-corrected chi connectivity index (χ2v) is 4.95. The maximum atomic E-state index is 10.4. The number of hydrogen-bond acceptors (Lipinski definition) is 3. The molecule has 0 radical (unpaired) electrons. The van der Waals surface area contributed by atoms with Gasteiger partial charge in [0, 0.05) is 29.4 Å². The Morgan fingerprint density at radius 3 is 2.57 bits per heavy atom. The molecule has 0 fully saturated rings. The van der Waals surface area contributed by atoms with E-state index in [1.54, 1.807) is 0 Å². The minimum absolute atomic E-state index is 0.236. The van der Waals surface area contributed by atoms with Crippen molar-refractivity contribution >= 4 is 22.4 Å². The van der Waals surface area contributed by atoms with Gasteiger partial charge in [0.1, 0.15) is 0 Å². The molecule has 0 aromatic heterocycles. The van der Waals surface area contributed by atoms with Crippen LogP contribution in [0.5, 0.6) is 0 Å². The summed E-state index contributed by atoms with van der Waals surface area (Å²) in [5.41, 5.74) is 1.69. The SMILES string of the molecule is N#Cc1ccc(NCCCCCC(=O)O)c2ccccc12. The lowest BCUT2D eigenvalue weighted by Gasteiger charge is -2.10. The molecular formula is C17H18N2O2. The molecule has 0 atom stereocenters. The average molecular weight is 282 g/mol. The number of hydrogen-bond donors (Lipinski definition) is 2. The minimum atomic E-state index is -0.735. The van der Waals surface area contributed by atoms with Gasteiger partial charge >= 0.3 is 5.97 Å².